The third-order valence-corrected chi connectivity index (χ3v) is 2.29. The Morgan fingerprint density at radius 2 is 1.84 bits per heavy atom. The normalized spacial score (nSPS) is 10.7. The molecule has 0 saturated carbocycles. The number of hydrogen-bond acceptors (Lipinski definition) is 3. The third-order valence-electron chi connectivity index (χ3n) is 2.29. The Morgan fingerprint density at radius 3 is 2.42 bits per heavy atom. The number of rotatable bonds is 3. The lowest BCUT2D eigenvalue weighted by Gasteiger charge is -2.20. The fourth-order valence-corrected chi connectivity index (χ4v) is 1.56. The van der Waals surface area contributed by atoms with E-state index in [-0.39, 0.29) is 17.9 Å². The van der Waals surface area contributed by atoms with Gasteiger partial charge in [-0.3, -0.25) is 10.1 Å². The zero-order chi connectivity index (χ0) is 14.5. The van der Waals surface area contributed by atoms with E-state index in [2.05, 4.69) is 10.6 Å². The zero-order valence-electron chi connectivity index (χ0n) is 11.7. The van der Waals surface area contributed by atoms with Crippen LogP contribution in [0.2, 0.25) is 0 Å². The van der Waals surface area contributed by atoms with Crippen molar-refractivity contribution in [3.63, 3.8) is 0 Å². The predicted molar refractivity (Wildman–Crippen MR) is 73.1 cm³/mol. The van der Waals surface area contributed by atoms with Crippen LogP contribution in [0.3, 0.4) is 0 Å². The number of hydrogen-bond donors (Lipinski definition) is 2. The molecule has 3 amide bonds. The second-order valence-corrected chi connectivity index (χ2v) is 5.24. The maximum atomic E-state index is 11.7. The molecule has 0 radical (unpaired) electrons. The molecule has 0 fully saturated rings. The number of carbonyl (C=O) groups excluding carboxylic acids is 2. The van der Waals surface area contributed by atoms with E-state index in [1.54, 1.807) is 19.2 Å². The summed E-state index contributed by atoms with van der Waals surface area (Å²) in [5, 5.41) is 4.95. The Bertz CT molecular complexity index is 464. The quantitative estimate of drug-likeness (QED) is 0.875. The Morgan fingerprint density at radius 1 is 1.21 bits per heavy atom. The molecule has 0 heterocycles. The molecule has 1 rings (SSSR count). The van der Waals surface area contributed by atoms with Crippen LogP contribution >= 0.6 is 0 Å². The molecule has 0 aliphatic rings. The molecular weight excluding hydrogens is 244 g/mol. The van der Waals surface area contributed by atoms with Gasteiger partial charge in [0.2, 0.25) is 5.91 Å². The number of methoxy groups -OCH3 is 1. The van der Waals surface area contributed by atoms with Crippen LogP contribution < -0.4 is 15.4 Å². The van der Waals surface area contributed by atoms with E-state index in [1.165, 1.54) is 0 Å². The van der Waals surface area contributed by atoms with E-state index in [1.807, 2.05) is 32.9 Å². The van der Waals surface area contributed by atoms with Gasteiger partial charge in [0.05, 0.1) is 13.5 Å². The van der Waals surface area contributed by atoms with Crippen molar-refractivity contribution in [3.05, 3.63) is 29.8 Å². The van der Waals surface area contributed by atoms with E-state index in [9.17, 15) is 9.59 Å². The lowest BCUT2D eigenvalue weighted by atomic mass is 10.1. The number of ether oxygens (including phenoxy) is 1. The highest BCUT2D eigenvalue weighted by Gasteiger charge is 2.16. The van der Waals surface area contributed by atoms with E-state index >= 15 is 0 Å². The van der Waals surface area contributed by atoms with Crippen LogP contribution in [0.1, 0.15) is 26.3 Å². The Labute approximate surface area is 113 Å². The average Bonchev–Trinajstić information content (AvgIpc) is 2.26. The van der Waals surface area contributed by atoms with E-state index in [0.717, 1.165) is 5.56 Å². The molecular formula is C14H20N2O3. The van der Waals surface area contributed by atoms with Crippen molar-refractivity contribution in [2.45, 2.75) is 32.7 Å². The molecule has 0 atom stereocenters. The summed E-state index contributed by atoms with van der Waals surface area (Å²) in [5.74, 6) is 0.264. The van der Waals surface area contributed by atoms with Gasteiger partial charge in [-0.2, -0.15) is 0 Å². The van der Waals surface area contributed by atoms with Crippen molar-refractivity contribution < 1.29 is 14.3 Å². The largest absolute Gasteiger partial charge is 0.496 e. The zero-order valence-corrected chi connectivity index (χ0v) is 11.7. The van der Waals surface area contributed by atoms with Gasteiger partial charge in [0.15, 0.2) is 0 Å². The number of carbonyl (C=O) groups is 2. The van der Waals surface area contributed by atoms with Crippen LogP contribution in [-0.2, 0) is 11.2 Å². The van der Waals surface area contributed by atoms with Crippen molar-refractivity contribution in [2.75, 3.05) is 7.11 Å². The van der Waals surface area contributed by atoms with Gasteiger partial charge in [-0.05, 0) is 26.8 Å². The van der Waals surface area contributed by atoms with Crippen molar-refractivity contribution in [2.24, 2.45) is 0 Å². The molecule has 0 saturated heterocycles. The van der Waals surface area contributed by atoms with Gasteiger partial charge in [0.1, 0.15) is 5.75 Å². The maximum absolute atomic E-state index is 11.7. The summed E-state index contributed by atoms with van der Waals surface area (Å²) >= 11 is 0. The molecule has 0 aliphatic carbocycles. The van der Waals surface area contributed by atoms with Crippen LogP contribution in [0.15, 0.2) is 24.3 Å². The van der Waals surface area contributed by atoms with Gasteiger partial charge in [-0.25, -0.2) is 4.79 Å². The third kappa shape index (κ3) is 5.42. The molecule has 0 aromatic heterocycles. The number of amides is 3. The Balaban J connectivity index is 2.58. The first kappa shape index (κ1) is 15.0. The van der Waals surface area contributed by atoms with Gasteiger partial charge in [-0.1, -0.05) is 18.2 Å². The van der Waals surface area contributed by atoms with Gasteiger partial charge in [-0.15, -0.1) is 0 Å². The summed E-state index contributed by atoms with van der Waals surface area (Å²) in [6.45, 7) is 5.53. The number of urea groups is 1. The fourth-order valence-electron chi connectivity index (χ4n) is 1.56. The predicted octanol–water partition coefficient (Wildman–Crippen LogP) is 1.86. The van der Waals surface area contributed by atoms with Crippen LogP contribution in [0.25, 0.3) is 0 Å². The minimum absolute atomic E-state index is 0.0988. The van der Waals surface area contributed by atoms with Crippen LogP contribution in [-0.4, -0.2) is 24.6 Å². The van der Waals surface area contributed by atoms with Crippen LogP contribution in [0, 0.1) is 0 Å². The SMILES string of the molecule is COc1ccccc1CC(=O)NC(=O)NC(C)(C)C. The van der Waals surface area contributed by atoms with Crippen molar-refractivity contribution in [1.29, 1.82) is 0 Å². The number of nitrogens with one attached hydrogen (secondary N) is 2. The first-order chi connectivity index (χ1) is 8.81. The summed E-state index contributed by atoms with van der Waals surface area (Å²) in [5.41, 5.74) is 0.362. The van der Waals surface area contributed by atoms with Crippen molar-refractivity contribution in [3.8, 4) is 5.75 Å². The molecule has 104 valence electrons. The Kier molecular flexibility index (Phi) is 4.92. The van der Waals surface area contributed by atoms with Gasteiger partial charge >= 0.3 is 6.03 Å². The lowest BCUT2D eigenvalue weighted by Crippen LogP contribution is -2.48. The molecule has 0 unspecified atom stereocenters. The van der Waals surface area contributed by atoms with Gasteiger partial charge in [0, 0.05) is 11.1 Å². The highest BCUT2D eigenvalue weighted by molar-refractivity contribution is 5.95. The number of imide groups is 1. The molecule has 5 heteroatoms. The molecule has 1 aromatic carbocycles. The highest BCUT2D eigenvalue weighted by atomic mass is 16.5. The van der Waals surface area contributed by atoms with E-state index in [0.29, 0.717) is 5.75 Å². The second kappa shape index (κ2) is 6.22. The highest BCUT2D eigenvalue weighted by Crippen LogP contribution is 2.17. The Hall–Kier alpha value is -2.04. The van der Waals surface area contributed by atoms with E-state index in [4.69, 9.17) is 4.74 Å². The number of para-hydroxylation sites is 1. The lowest BCUT2D eigenvalue weighted by molar-refractivity contribution is -0.119. The second-order valence-electron chi connectivity index (χ2n) is 5.24. The van der Waals surface area contributed by atoms with Gasteiger partial charge < -0.3 is 10.1 Å². The summed E-state index contributed by atoms with van der Waals surface area (Å²) in [6.07, 6.45) is 0.0988. The molecule has 0 spiro atoms. The topological polar surface area (TPSA) is 67.4 Å². The molecule has 19 heavy (non-hydrogen) atoms. The molecule has 5 nitrogen and oxygen atoms in total. The minimum atomic E-state index is -0.493. The first-order valence-electron chi connectivity index (χ1n) is 6.06. The van der Waals surface area contributed by atoms with Crippen molar-refractivity contribution in [1.82, 2.24) is 10.6 Å². The first-order valence-corrected chi connectivity index (χ1v) is 6.06. The van der Waals surface area contributed by atoms with Crippen LogP contribution in [0.4, 0.5) is 4.79 Å². The summed E-state index contributed by atoms with van der Waals surface area (Å²) in [7, 11) is 1.54. The standard InChI is InChI=1S/C14H20N2O3/c1-14(2,3)16-13(18)15-12(17)9-10-7-5-6-8-11(10)19-4/h5-8H,9H2,1-4H3,(H2,15,16,17,18). The summed E-state index contributed by atoms with van der Waals surface area (Å²) < 4.78 is 5.15. The maximum Gasteiger partial charge on any atom is 0.321 e. The molecule has 0 aliphatic heterocycles. The van der Waals surface area contributed by atoms with Gasteiger partial charge in [0.25, 0.3) is 0 Å². The monoisotopic (exact) mass is 264 g/mol. The molecule has 1 aromatic rings. The number of benzene rings is 1. The molecule has 2 N–H and O–H groups in total. The minimum Gasteiger partial charge on any atom is -0.496 e. The average molecular weight is 264 g/mol. The molecule has 0 bridgehead atoms. The fraction of sp³-hybridized carbons (Fsp3) is 0.429. The van der Waals surface area contributed by atoms with Crippen LogP contribution in [0.5, 0.6) is 5.75 Å². The summed E-state index contributed by atoms with van der Waals surface area (Å²) in [4.78, 5) is 23.3. The smallest absolute Gasteiger partial charge is 0.321 e. The summed E-state index contributed by atoms with van der Waals surface area (Å²) in [6, 6.07) is 6.72. The van der Waals surface area contributed by atoms with Crippen molar-refractivity contribution >= 4 is 11.9 Å². The van der Waals surface area contributed by atoms with E-state index < -0.39 is 6.03 Å².